The van der Waals surface area contributed by atoms with E-state index in [0.717, 1.165) is 11.3 Å². The van der Waals surface area contributed by atoms with E-state index in [0.29, 0.717) is 13.0 Å². The summed E-state index contributed by atoms with van der Waals surface area (Å²) in [5.74, 6) is 0.744. The molecule has 1 atom stereocenters. The first-order chi connectivity index (χ1) is 9.38. The van der Waals surface area contributed by atoms with Gasteiger partial charge < -0.3 is 14.6 Å². The molecule has 3 nitrogen and oxygen atoms in total. The summed E-state index contributed by atoms with van der Waals surface area (Å²) in [5.41, 5.74) is 1.09. The van der Waals surface area contributed by atoms with Crippen LogP contribution in [0, 0.1) is 0 Å². The Balaban J connectivity index is 1.89. The number of rotatable bonds is 7. The maximum Gasteiger partial charge on any atom is 0.202 e. The molecule has 0 aliphatic carbocycles. The van der Waals surface area contributed by atoms with Crippen LogP contribution < -0.4 is 4.74 Å². The molecule has 2 aromatic rings. The maximum absolute atomic E-state index is 9.05. The Labute approximate surface area is 113 Å². The lowest BCUT2D eigenvalue weighted by molar-refractivity contribution is -0.0992. The summed E-state index contributed by atoms with van der Waals surface area (Å²) in [6.07, 6.45) is 0.00876. The zero-order valence-electron chi connectivity index (χ0n) is 10.7. The molecule has 2 aromatic carbocycles. The van der Waals surface area contributed by atoms with Crippen LogP contribution in [0.2, 0.25) is 0 Å². The van der Waals surface area contributed by atoms with Crippen LogP contribution in [0.25, 0.3) is 0 Å². The van der Waals surface area contributed by atoms with Gasteiger partial charge in [0.25, 0.3) is 0 Å². The van der Waals surface area contributed by atoms with Crippen molar-refractivity contribution < 1.29 is 14.6 Å². The van der Waals surface area contributed by atoms with Gasteiger partial charge in [0.1, 0.15) is 5.75 Å². The van der Waals surface area contributed by atoms with Crippen molar-refractivity contribution in [2.45, 2.75) is 19.3 Å². The molecule has 0 aliphatic rings. The number of hydrogen-bond acceptors (Lipinski definition) is 3. The molecule has 0 heterocycles. The second-order valence-corrected chi connectivity index (χ2v) is 4.17. The number of hydrogen-bond donors (Lipinski definition) is 1. The molecule has 3 heteroatoms. The van der Waals surface area contributed by atoms with Gasteiger partial charge in [-0.05, 0) is 17.7 Å². The van der Waals surface area contributed by atoms with Gasteiger partial charge in [-0.1, -0.05) is 48.5 Å². The SMILES string of the molecule is OCCC(OCc1ccccc1)Oc1ccccc1. The molecule has 0 saturated heterocycles. The van der Waals surface area contributed by atoms with Gasteiger partial charge in [-0.15, -0.1) is 0 Å². The summed E-state index contributed by atoms with van der Waals surface area (Å²) in [6, 6.07) is 19.4. The van der Waals surface area contributed by atoms with E-state index in [9.17, 15) is 0 Å². The Morgan fingerprint density at radius 1 is 0.895 bits per heavy atom. The predicted octanol–water partition coefficient (Wildman–Crippen LogP) is 2.99. The molecule has 2 rings (SSSR count). The number of aliphatic hydroxyl groups excluding tert-OH is 1. The van der Waals surface area contributed by atoms with Crippen molar-refractivity contribution >= 4 is 0 Å². The van der Waals surface area contributed by atoms with Crippen LogP contribution in [0.5, 0.6) is 5.75 Å². The summed E-state index contributed by atoms with van der Waals surface area (Å²) in [6.45, 7) is 0.505. The Hall–Kier alpha value is -1.84. The highest BCUT2D eigenvalue weighted by Gasteiger charge is 2.10. The first-order valence-corrected chi connectivity index (χ1v) is 6.36. The normalized spacial score (nSPS) is 12.1. The lowest BCUT2D eigenvalue weighted by Crippen LogP contribution is -2.21. The van der Waals surface area contributed by atoms with Gasteiger partial charge in [0.15, 0.2) is 0 Å². The second-order valence-electron chi connectivity index (χ2n) is 4.17. The van der Waals surface area contributed by atoms with Crippen LogP contribution in [0.1, 0.15) is 12.0 Å². The van der Waals surface area contributed by atoms with E-state index in [-0.39, 0.29) is 6.61 Å². The summed E-state index contributed by atoms with van der Waals surface area (Å²) >= 11 is 0. The molecule has 1 unspecified atom stereocenters. The Morgan fingerprint density at radius 3 is 2.16 bits per heavy atom. The van der Waals surface area contributed by atoms with Gasteiger partial charge >= 0.3 is 0 Å². The lowest BCUT2D eigenvalue weighted by Gasteiger charge is -2.18. The van der Waals surface area contributed by atoms with E-state index < -0.39 is 6.29 Å². The summed E-state index contributed by atoms with van der Waals surface area (Å²) in [7, 11) is 0. The van der Waals surface area contributed by atoms with Crippen molar-refractivity contribution in [3.63, 3.8) is 0 Å². The molecule has 0 spiro atoms. The molecular weight excluding hydrogens is 240 g/mol. The van der Waals surface area contributed by atoms with Crippen molar-refractivity contribution in [2.75, 3.05) is 6.61 Å². The van der Waals surface area contributed by atoms with Crippen molar-refractivity contribution in [3.05, 3.63) is 66.2 Å². The minimum absolute atomic E-state index is 0.0340. The van der Waals surface area contributed by atoms with Gasteiger partial charge in [0.05, 0.1) is 6.61 Å². The smallest absolute Gasteiger partial charge is 0.202 e. The van der Waals surface area contributed by atoms with E-state index >= 15 is 0 Å². The molecule has 0 fully saturated rings. The van der Waals surface area contributed by atoms with Crippen LogP contribution in [0.15, 0.2) is 60.7 Å². The molecule has 0 saturated carbocycles. The Bertz CT molecular complexity index is 456. The monoisotopic (exact) mass is 258 g/mol. The fourth-order valence-electron chi connectivity index (χ4n) is 1.70. The lowest BCUT2D eigenvalue weighted by atomic mass is 10.2. The van der Waals surface area contributed by atoms with E-state index in [4.69, 9.17) is 14.6 Å². The van der Waals surface area contributed by atoms with Gasteiger partial charge in [-0.3, -0.25) is 0 Å². The zero-order chi connectivity index (χ0) is 13.3. The topological polar surface area (TPSA) is 38.7 Å². The van der Waals surface area contributed by atoms with Crippen LogP contribution in [-0.4, -0.2) is 18.0 Å². The molecular formula is C16H18O3. The molecule has 0 bridgehead atoms. The zero-order valence-corrected chi connectivity index (χ0v) is 10.7. The predicted molar refractivity (Wildman–Crippen MR) is 73.8 cm³/mol. The van der Waals surface area contributed by atoms with E-state index in [2.05, 4.69) is 0 Å². The van der Waals surface area contributed by atoms with E-state index in [1.165, 1.54) is 0 Å². The molecule has 0 radical (unpaired) electrons. The van der Waals surface area contributed by atoms with Crippen LogP contribution in [0.4, 0.5) is 0 Å². The van der Waals surface area contributed by atoms with Crippen molar-refractivity contribution in [1.82, 2.24) is 0 Å². The van der Waals surface area contributed by atoms with E-state index in [1.807, 2.05) is 60.7 Å². The number of para-hydroxylation sites is 1. The third-order valence-corrected chi connectivity index (χ3v) is 2.65. The van der Waals surface area contributed by atoms with Gasteiger partial charge in [-0.25, -0.2) is 0 Å². The number of benzene rings is 2. The minimum Gasteiger partial charge on any atom is -0.465 e. The average Bonchev–Trinajstić information content (AvgIpc) is 2.47. The number of aliphatic hydroxyl groups is 1. The fourth-order valence-corrected chi connectivity index (χ4v) is 1.70. The molecule has 100 valence electrons. The second kappa shape index (κ2) is 7.56. The minimum atomic E-state index is -0.437. The third-order valence-electron chi connectivity index (χ3n) is 2.65. The highest BCUT2D eigenvalue weighted by atomic mass is 16.7. The Morgan fingerprint density at radius 2 is 1.53 bits per heavy atom. The first kappa shape index (κ1) is 13.6. The molecule has 0 aliphatic heterocycles. The summed E-state index contributed by atoms with van der Waals surface area (Å²) in [4.78, 5) is 0. The van der Waals surface area contributed by atoms with Crippen molar-refractivity contribution in [1.29, 1.82) is 0 Å². The third kappa shape index (κ3) is 4.73. The van der Waals surface area contributed by atoms with Gasteiger partial charge in [-0.2, -0.15) is 0 Å². The number of ether oxygens (including phenoxy) is 2. The van der Waals surface area contributed by atoms with Crippen molar-refractivity contribution in [2.24, 2.45) is 0 Å². The fraction of sp³-hybridized carbons (Fsp3) is 0.250. The molecule has 1 N–H and O–H groups in total. The highest BCUT2D eigenvalue weighted by Crippen LogP contribution is 2.14. The highest BCUT2D eigenvalue weighted by molar-refractivity contribution is 5.21. The Kier molecular flexibility index (Phi) is 5.41. The van der Waals surface area contributed by atoms with Gasteiger partial charge in [0, 0.05) is 13.0 Å². The average molecular weight is 258 g/mol. The van der Waals surface area contributed by atoms with Crippen molar-refractivity contribution in [3.8, 4) is 5.75 Å². The van der Waals surface area contributed by atoms with Gasteiger partial charge in [0.2, 0.25) is 6.29 Å². The van der Waals surface area contributed by atoms with Crippen LogP contribution >= 0.6 is 0 Å². The van der Waals surface area contributed by atoms with Crippen LogP contribution in [-0.2, 0) is 11.3 Å². The summed E-state index contributed by atoms with van der Waals surface area (Å²) < 4.78 is 11.4. The largest absolute Gasteiger partial charge is 0.465 e. The quantitative estimate of drug-likeness (QED) is 0.776. The molecule has 0 amide bonds. The standard InChI is InChI=1S/C16H18O3/c17-12-11-16(19-15-9-5-2-6-10-15)18-13-14-7-3-1-4-8-14/h1-10,16-17H,11-13H2. The first-order valence-electron chi connectivity index (χ1n) is 6.36. The van der Waals surface area contributed by atoms with Crippen LogP contribution in [0.3, 0.4) is 0 Å². The maximum atomic E-state index is 9.05. The molecule has 0 aromatic heterocycles. The summed E-state index contributed by atoms with van der Waals surface area (Å²) in [5, 5.41) is 9.05. The van der Waals surface area contributed by atoms with E-state index in [1.54, 1.807) is 0 Å². The molecule has 19 heavy (non-hydrogen) atoms.